The van der Waals surface area contributed by atoms with Gasteiger partial charge in [-0.05, 0) is 31.0 Å². The third-order valence-corrected chi connectivity index (χ3v) is 5.11. The fourth-order valence-electron chi connectivity index (χ4n) is 2.85. The summed E-state index contributed by atoms with van der Waals surface area (Å²) in [6, 6.07) is 4.71. The molecule has 2 N–H and O–H groups in total. The maximum atomic E-state index is 14.4. The minimum absolute atomic E-state index is 0.132. The number of aliphatic imine (C=N–C) groups is 1. The molecule has 0 fully saturated rings. The van der Waals surface area contributed by atoms with Crippen molar-refractivity contribution in [3.8, 4) is 0 Å². The first-order chi connectivity index (χ1) is 11.9. The molecule has 1 aliphatic heterocycles. The van der Waals surface area contributed by atoms with E-state index in [0.717, 1.165) is 11.3 Å². The molecule has 0 amide bonds. The van der Waals surface area contributed by atoms with Crippen LogP contribution in [-0.4, -0.2) is 21.7 Å². The number of aromatic nitrogens is 1. The fraction of sp³-hybridized carbons (Fsp3) is 0.389. The topological polar surface area (TPSA) is 81.5 Å². The van der Waals surface area contributed by atoms with Gasteiger partial charge < -0.3 is 10.2 Å². The number of Topliss-reactive ketones (excluding diaryl/α,β-unsaturated/α-hetero) is 1. The van der Waals surface area contributed by atoms with E-state index in [0.29, 0.717) is 35.2 Å². The Bertz CT molecular complexity index is 833. The molecule has 132 valence electrons. The highest BCUT2D eigenvalue weighted by Gasteiger charge is 2.32. The zero-order valence-corrected chi connectivity index (χ0v) is 15.0. The number of rotatable bonds is 5. The first kappa shape index (κ1) is 17.7. The maximum absolute atomic E-state index is 14.4. The highest BCUT2D eigenvalue weighted by Crippen LogP contribution is 2.36. The van der Waals surface area contributed by atoms with Crippen molar-refractivity contribution in [1.82, 2.24) is 4.98 Å². The summed E-state index contributed by atoms with van der Waals surface area (Å²) in [7, 11) is 0. The molecule has 3 rings (SSSR count). The van der Waals surface area contributed by atoms with Gasteiger partial charge in [0.1, 0.15) is 17.8 Å². The quantitative estimate of drug-likeness (QED) is 0.825. The number of aryl methyl sites for hydroxylation is 1. The highest BCUT2D eigenvalue weighted by atomic mass is 32.2. The molecule has 25 heavy (non-hydrogen) atoms. The van der Waals surface area contributed by atoms with Crippen molar-refractivity contribution in [3.05, 3.63) is 53.0 Å². The van der Waals surface area contributed by atoms with E-state index in [4.69, 9.17) is 10.2 Å². The van der Waals surface area contributed by atoms with Crippen molar-refractivity contribution in [1.29, 1.82) is 0 Å². The van der Waals surface area contributed by atoms with Gasteiger partial charge in [-0.25, -0.2) is 9.37 Å². The Morgan fingerprint density at radius 3 is 2.96 bits per heavy atom. The number of ketones is 1. The predicted octanol–water partition coefficient (Wildman–Crippen LogP) is 3.47. The van der Waals surface area contributed by atoms with Gasteiger partial charge in [0.15, 0.2) is 16.8 Å². The van der Waals surface area contributed by atoms with Gasteiger partial charge >= 0.3 is 0 Å². The lowest BCUT2D eigenvalue weighted by Gasteiger charge is -2.30. The van der Waals surface area contributed by atoms with Gasteiger partial charge in [0.05, 0.1) is 5.54 Å². The van der Waals surface area contributed by atoms with Crippen LogP contribution < -0.4 is 5.73 Å². The molecule has 1 aromatic carbocycles. The Morgan fingerprint density at radius 2 is 2.28 bits per heavy atom. The zero-order valence-electron chi connectivity index (χ0n) is 14.2. The first-order valence-corrected chi connectivity index (χ1v) is 9.14. The van der Waals surface area contributed by atoms with Gasteiger partial charge in [-0.3, -0.25) is 9.79 Å². The van der Waals surface area contributed by atoms with Crippen molar-refractivity contribution >= 4 is 22.7 Å². The van der Waals surface area contributed by atoms with E-state index in [2.05, 4.69) is 9.98 Å². The fourth-order valence-corrected chi connectivity index (χ4v) is 3.83. The van der Waals surface area contributed by atoms with Gasteiger partial charge in [-0.15, -0.1) is 0 Å². The van der Waals surface area contributed by atoms with E-state index >= 15 is 0 Å². The summed E-state index contributed by atoms with van der Waals surface area (Å²) in [6.45, 7) is 3.77. The van der Waals surface area contributed by atoms with Gasteiger partial charge in [0.25, 0.3) is 0 Å². The lowest BCUT2D eigenvalue weighted by molar-refractivity contribution is 0.0988. The average Bonchev–Trinajstić information content (AvgIpc) is 3.05. The number of thioether (sulfide) groups is 1. The van der Waals surface area contributed by atoms with E-state index in [1.807, 2.05) is 13.8 Å². The van der Waals surface area contributed by atoms with Crippen molar-refractivity contribution in [2.45, 2.75) is 38.6 Å². The van der Waals surface area contributed by atoms with Crippen LogP contribution in [0.15, 0.2) is 33.9 Å². The molecule has 0 radical (unpaired) electrons. The van der Waals surface area contributed by atoms with Crippen LogP contribution in [-0.2, 0) is 18.4 Å². The second-order valence-corrected chi connectivity index (χ2v) is 7.33. The molecule has 0 spiro atoms. The molecule has 2 aromatic rings. The lowest BCUT2D eigenvalue weighted by atomic mass is 9.87. The highest BCUT2D eigenvalue weighted by molar-refractivity contribution is 8.13. The minimum Gasteiger partial charge on any atom is -0.448 e. The number of hydrogen-bond donors (Lipinski definition) is 1. The van der Waals surface area contributed by atoms with E-state index in [-0.39, 0.29) is 18.0 Å². The van der Waals surface area contributed by atoms with Crippen LogP contribution in [0.25, 0.3) is 0 Å². The molecule has 0 unspecified atom stereocenters. The minimum atomic E-state index is -0.707. The van der Waals surface area contributed by atoms with Crippen LogP contribution in [0, 0.1) is 5.82 Å². The average molecular weight is 361 g/mol. The Kier molecular flexibility index (Phi) is 4.94. The zero-order chi connectivity index (χ0) is 18.0. The molecule has 1 aromatic heterocycles. The van der Waals surface area contributed by atoms with E-state index in [1.54, 1.807) is 12.1 Å². The maximum Gasteiger partial charge on any atom is 0.194 e. The van der Waals surface area contributed by atoms with Crippen molar-refractivity contribution in [2.24, 2.45) is 10.7 Å². The van der Waals surface area contributed by atoms with Crippen LogP contribution in [0.3, 0.4) is 0 Å². The number of hydrogen-bond acceptors (Lipinski definition) is 6. The lowest BCUT2D eigenvalue weighted by Crippen LogP contribution is -2.29. The van der Waals surface area contributed by atoms with E-state index in [9.17, 15) is 9.18 Å². The summed E-state index contributed by atoms with van der Waals surface area (Å²) >= 11 is 1.47. The SMILES string of the molecule is CCc1nc(C(=O)Cc2ccc(F)c([C@]3(C)CCSC(N)=N3)c2)co1. The van der Waals surface area contributed by atoms with Crippen LogP contribution in [0.5, 0.6) is 0 Å². The Morgan fingerprint density at radius 1 is 1.48 bits per heavy atom. The summed E-state index contributed by atoms with van der Waals surface area (Å²) in [5, 5.41) is 0.462. The van der Waals surface area contributed by atoms with E-state index in [1.165, 1.54) is 24.1 Å². The Balaban J connectivity index is 1.86. The Labute approximate surface area is 149 Å². The second kappa shape index (κ2) is 7.00. The van der Waals surface area contributed by atoms with Crippen LogP contribution in [0.2, 0.25) is 0 Å². The molecule has 1 atom stereocenters. The number of carbonyl (C=O) groups excluding carboxylic acids is 1. The second-order valence-electron chi connectivity index (χ2n) is 6.22. The number of nitrogens with zero attached hydrogens (tertiary/aromatic N) is 2. The molecule has 5 nitrogen and oxygen atoms in total. The summed E-state index contributed by atoms with van der Waals surface area (Å²) in [5.41, 5.74) is 6.60. The van der Waals surface area contributed by atoms with Crippen molar-refractivity contribution < 1.29 is 13.6 Å². The first-order valence-electron chi connectivity index (χ1n) is 8.16. The molecular weight excluding hydrogens is 341 g/mol. The number of nitrogens with two attached hydrogens (primary N) is 1. The number of halogens is 1. The molecule has 2 heterocycles. The van der Waals surface area contributed by atoms with E-state index < -0.39 is 5.54 Å². The molecule has 0 aliphatic carbocycles. The van der Waals surface area contributed by atoms with Gasteiger partial charge in [-0.1, -0.05) is 24.8 Å². The molecule has 0 saturated heterocycles. The molecular formula is C18H20FN3O2S. The summed E-state index contributed by atoms with van der Waals surface area (Å²) in [6.07, 6.45) is 2.82. The number of oxazole rings is 1. The summed E-state index contributed by atoms with van der Waals surface area (Å²) in [4.78, 5) is 21.0. The van der Waals surface area contributed by atoms with Crippen molar-refractivity contribution in [3.63, 3.8) is 0 Å². The number of benzene rings is 1. The Hall–Kier alpha value is -2.15. The number of carbonyl (C=O) groups is 1. The summed E-state index contributed by atoms with van der Waals surface area (Å²) < 4.78 is 19.6. The number of amidine groups is 1. The third kappa shape index (κ3) is 3.76. The molecule has 1 aliphatic rings. The standard InChI is InChI=1S/C18H20FN3O2S/c1-3-16-21-14(10-24-16)15(23)9-11-4-5-13(19)12(8-11)18(2)6-7-25-17(20)22-18/h4-5,8,10H,3,6-7,9H2,1-2H3,(H2,20,22)/t18-/m0/s1. The summed E-state index contributed by atoms with van der Waals surface area (Å²) in [5.74, 6) is 0.818. The van der Waals surface area contributed by atoms with Crippen LogP contribution in [0.4, 0.5) is 4.39 Å². The molecule has 0 saturated carbocycles. The molecule has 7 heteroatoms. The third-order valence-electron chi connectivity index (χ3n) is 4.31. The normalized spacial score (nSPS) is 20.4. The smallest absolute Gasteiger partial charge is 0.194 e. The van der Waals surface area contributed by atoms with Crippen LogP contribution >= 0.6 is 11.8 Å². The van der Waals surface area contributed by atoms with Gasteiger partial charge in [0.2, 0.25) is 0 Å². The molecule has 0 bridgehead atoms. The monoisotopic (exact) mass is 361 g/mol. The van der Waals surface area contributed by atoms with Gasteiger partial charge in [0, 0.05) is 24.2 Å². The largest absolute Gasteiger partial charge is 0.448 e. The van der Waals surface area contributed by atoms with Crippen molar-refractivity contribution in [2.75, 3.05) is 5.75 Å². The predicted molar refractivity (Wildman–Crippen MR) is 96.4 cm³/mol. The van der Waals surface area contributed by atoms with Gasteiger partial charge in [-0.2, -0.15) is 0 Å². The van der Waals surface area contributed by atoms with Crippen LogP contribution in [0.1, 0.15) is 47.8 Å².